The van der Waals surface area contributed by atoms with Crippen molar-refractivity contribution < 1.29 is 9.53 Å². The standard InChI is InChI=1S/C14H22N2O2/c1-4-5-11(9-15)16-14(17)12-8-10(2)6-7-13(12)18-3/h6-8,11H,4-5,9,15H2,1-3H3,(H,16,17). The number of carbonyl (C=O) groups excluding carboxylic acids is 1. The monoisotopic (exact) mass is 250 g/mol. The van der Waals surface area contributed by atoms with Crippen molar-refractivity contribution in [2.45, 2.75) is 32.7 Å². The van der Waals surface area contributed by atoms with Crippen molar-refractivity contribution in [3.63, 3.8) is 0 Å². The first-order valence-electron chi connectivity index (χ1n) is 6.28. The highest BCUT2D eigenvalue weighted by molar-refractivity contribution is 5.97. The van der Waals surface area contributed by atoms with Crippen LogP contribution in [0.1, 0.15) is 35.7 Å². The lowest BCUT2D eigenvalue weighted by molar-refractivity contribution is 0.0933. The number of aryl methyl sites for hydroxylation is 1. The number of nitrogens with two attached hydrogens (primary N) is 1. The van der Waals surface area contributed by atoms with Crippen LogP contribution in [0, 0.1) is 6.92 Å². The molecule has 0 heterocycles. The summed E-state index contributed by atoms with van der Waals surface area (Å²) < 4.78 is 5.20. The Morgan fingerprint density at radius 1 is 1.50 bits per heavy atom. The molecule has 1 rings (SSSR count). The summed E-state index contributed by atoms with van der Waals surface area (Å²) >= 11 is 0. The van der Waals surface area contributed by atoms with Gasteiger partial charge < -0.3 is 15.8 Å². The summed E-state index contributed by atoms with van der Waals surface area (Å²) in [6.07, 6.45) is 1.88. The van der Waals surface area contributed by atoms with E-state index >= 15 is 0 Å². The Hall–Kier alpha value is -1.55. The predicted molar refractivity (Wildman–Crippen MR) is 72.9 cm³/mol. The van der Waals surface area contributed by atoms with E-state index in [2.05, 4.69) is 12.2 Å². The largest absolute Gasteiger partial charge is 0.496 e. The van der Waals surface area contributed by atoms with Gasteiger partial charge in [0.1, 0.15) is 5.75 Å². The van der Waals surface area contributed by atoms with Crippen molar-refractivity contribution >= 4 is 5.91 Å². The van der Waals surface area contributed by atoms with E-state index < -0.39 is 0 Å². The minimum Gasteiger partial charge on any atom is -0.496 e. The number of nitrogens with one attached hydrogen (secondary N) is 1. The van der Waals surface area contributed by atoms with E-state index in [0.717, 1.165) is 18.4 Å². The van der Waals surface area contributed by atoms with Crippen molar-refractivity contribution in [1.29, 1.82) is 0 Å². The minimum absolute atomic E-state index is 0.0210. The Morgan fingerprint density at radius 2 is 2.22 bits per heavy atom. The van der Waals surface area contributed by atoms with Crippen LogP contribution in [0.3, 0.4) is 0 Å². The van der Waals surface area contributed by atoms with Gasteiger partial charge in [0.05, 0.1) is 12.7 Å². The molecule has 1 aromatic carbocycles. The molecule has 1 aromatic rings. The second kappa shape index (κ2) is 7.01. The van der Waals surface area contributed by atoms with Crippen molar-refractivity contribution in [2.24, 2.45) is 5.73 Å². The molecule has 0 aromatic heterocycles. The van der Waals surface area contributed by atoms with Gasteiger partial charge in [0, 0.05) is 12.6 Å². The maximum atomic E-state index is 12.2. The number of hydrogen-bond acceptors (Lipinski definition) is 3. The van der Waals surface area contributed by atoms with Crippen LogP contribution < -0.4 is 15.8 Å². The summed E-state index contributed by atoms with van der Waals surface area (Å²) in [6, 6.07) is 5.57. The average Bonchev–Trinajstić information content (AvgIpc) is 2.38. The maximum absolute atomic E-state index is 12.2. The summed E-state index contributed by atoms with van der Waals surface area (Å²) in [5.41, 5.74) is 7.23. The SMILES string of the molecule is CCCC(CN)NC(=O)c1cc(C)ccc1OC. The summed E-state index contributed by atoms with van der Waals surface area (Å²) in [7, 11) is 1.56. The number of ether oxygens (including phenoxy) is 1. The van der Waals surface area contributed by atoms with E-state index in [4.69, 9.17) is 10.5 Å². The van der Waals surface area contributed by atoms with Gasteiger partial charge >= 0.3 is 0 Å². The van der Waals surface area contributed by atoms with Crippen molar-refractivity contribution in [1.82, 2.24) is 5.32 Å². The van der Waals surface area contributed by atoms with Gasteiger partial charge in [-0.25, -0.2) is 0 Å². The number of carbonyl (C=O) groups is 1. The topological polar surface area (TPSA) is 64.3 Å². The third kappa shape index (κ3) is 3.74. The smallest absolute Gasteiger partial charge is 0.255 e. The van der Waals surface area contributed by atoms with Crippen LogP contribution >= 0.6 is 0 Å². The van der Waals surface area contributed by atoms with Gasteiger partial charge in [-0.05, 0) is 25.5 Å². The molecule has 0 aliphatic rings. The molecule has 3 N–H and O–H groups in total. The van der Waals surface area contributed by atoms with Gasteiger partial charge in [0.2, 0.25) is 0 Å². The molecule has 1 atom stereocenters. The highest BCUT2D eigenvalue weighted by Gasteiger charge is 2.15. The maximum Gasteiger partial charge on any atom is 0.255 e. The predicted octanol–water partition coefficient (Wildman–Crippen LogP) is 1.86. The van der Waals surface area contributed by atoms with E-state index in [-0.39, 0.29) is 11.9 Å². The van der Waals surface area contributed by atoms with Crippen molar-refractivity contribution in [3.05, 3.63) is 29.3 Å². The molecule has 0 spiro atoms. The summed E-state index contributed by atoms with van der Waals surface area (Å²) in [5.74, 6) is 0.463. The van der Waals surface area contributed by atoms with Gasteiger partial charge in [-0.15, -0.1) is 0 Å². The lowest BCUT2D eigenvalue weighted by Crippen LogP contribution is -2.40. The van der Waals surface area contributed by atoms with Gasteiger partial charge in [-0.1, -0.05) is 25.0 Å². The average molecular weight is 250 g/mol. The molecule has 100 valence electrons. The van der Waals surface area contributed by atoms with Gasteiger partial charge in [0.15, 0.2) is 0 Å². The van der Waals surface area contributed by atoms with Gasteiger partial charge in [0.25, 0.3) is 5.91 Å². The fourth-order valence-electron chi connectivity index (χ4n) is 1.86. The summed E-state index contributed by atoms with van der Waals surface area (Å²) in [4.78, 5) is 12.2. The van der Waals surface area contributed by atoms with Crippen molar-refractivity contribution in [2.75, 3.05) is 13.7 Å². The highest BCUT2D eigenvalue weighted by atomic mass is 16.5. The fraction of sp³-hybridized carbons (Fsp3) is 0.500. The Labute approximate surface area is 109 Å². The van der Waals surface area contributed by atoms with Crippen LogP contribution in [0.2, 0.25) is 0 Å². The molecule has 0 aliphatic carbocycles. The number of rotatable bonds is 6. The third-order valence-corrected chi connectivity index (χ3v) is 2.86. The number of methoxy groups -OCH3 is 1. The van der Waals surface area contributed by atoms with Crippen molar-refractivity contribution in [3.8, 4) is 5.75 Å². The molecule has 0 radical (unpaired) electrons. The Kier molecular flexibility index (Phi) is 5.65. The zero-order chi connectivity index (χ0) is 13.5. The Morgan fingerprint density at radius 3 is 2.78 bits per heavy atom. The van der Waals surface area contributed by atoms with Crippen LogP contribution in [0.4, 0.5) is 0 Å². The quantitative estimate of drug-likeness (QED) is 0.810. The molecule has 0 aliphatic heterocycles. The Bertz CT molecular complexity index is 405. The van der Waals surface area contributed by atoms with E-state index in [1.54, 1.807) is 7.11 Å². The van der Waals surface area contributed by atoms with Gasteiger partial charge in [-0.3, -0.25) is 4.79 Å². The van der Waals surface area contributed by atoms with E-state index in [0.29, 0.717) is 17.9 Å². The third-order valence-electron chi connectivity index (χ3n) is 2.86. The van der Waals surface area contributed by atoms with Crippen LogP contribution in [-0.4, -0.2) is 25.6 Å². The molecule has 18 heavy (non-hydrogen) atoms. The molecule has 0 bridgehead atoms. The lowest BCUT2D eigenvalue weighted by atomic mass is 10.1. The normalized spacial score (nSPS) is 12.0. The number of hydrogen-bond donors (Lipinski definition) is 2. The molecular formula is C14H22N2O2. The minimum atomic E-state index is -0.126. The van der Waals surface area contributed by atoms with E-state index in [1.807, 2.05) is 25.1 Å². The summed E-state index contributed by atoms with van der Waals surface area (Å²) in [5, 5.41) is 2.94. The van der Waals surface area contributed by atoms with Crippen LogP contribution in [0.25, 0.3) is 0 Å². The second-order valence-corrected chi connectivity index (χ2v) is 4.40. The van der Waals surface area contributed by atoms with Gasteiger partial charge in [-0.2, -0.15) is 0 Å². The molecule has 1 amide bonds. The first-order valence-corrected chi connectivity index (χ1v) is 6.28. The molecule has 4 nitrogen and oxygen atoms in total. The van der Waals surface area contributed by atoms with E-state index in [9.17, 15) is 4.79 Å². The molecule has 0 saturated carbocycles. The molecule has 0 fully saturated rings. The molecule has 4 heteroatoms. The molecular weight excluding hydrogens is 228 g/mol. The number of benzene rings is 1. The zero-order valence-electron chi connectivity index (χ0n) is 11.3. The second-order valence-electron chi connectivity index (χ2n) is 4.40. The fourth-order valence-corrected chi connectivity index (χ4v) is 1.86. The van der Waals surface area contributed by atoms with Crippen LogP contribution in [-0.2, 0) is 0 Å². The molecule has 0 saturated heterocycles. The Balaban J connectivity index is 2.85. The number of amides is 1. The molecule has 1 unspecified atom stereocenters. The summed E-state index contributed by atoms with van der Waals surface area (Å²) in [6.45, 7) is 4.47. The first-order chi connectivity index (χ1) is 8.62. The highest BCUT2D eigenvalue weighted by Crippen LogP contribution is 2.19. The van der Waals surface area contributed by atoms with Crippen LogP contribution in [0.15, 0.2) is 18.2 Å². The van der Waals surface area contributed by atoms with E-state index in [1.165, 1.54) is 0 Å². The zero-order valence-corrected chi connectivity index (χ0v) is 11.3. The lowest BCUT2D eigenvalue weighted by Gasteiger charge is -2.17. The van der Waals surface area contributed by atoms with Crippen LogP contribution in [0.5, 0.6) is 5.75 Å². The first kappa shape index (κ1) is 14.5.